The first-order valence-corrected chi connectivity index (χ1v) is 19.7. The number of carbonyl (C=O) groups is 4. The van der Waals surface area contributed by atoms with Crippen molar-refractivity contribution in [3.63, 3.8) is 0 Å². The number of carbonyl (C=O) groups excluding carboxylic acids is 4. The summed E-state index contributed by atoms with van der Waals surface area (Å²) < 4.78 is 68.0. The number of methoxy groups -OCH3 is 1. The minimum Gasteiger partial charge on any atom is -0.459 e. The van der Waals surface area contributed by atoms with Crippen LogP contribution in [0, 0.1) is 0 Å². The van der Waals surface area contributed by atoms with Crippen LogP contribution in [-0.4, -0.2) is 112 Å². The predicted octanol–water partition coefficient (Wildman–Crippen LogP) is 5.39. The Morgan fingerprint density at radius 2 is 1.20 bits per heavy atom. The number of hydrogen-bond donors (Lipinski definition) is 0. The molecule has 7 rings (SSSR count). The fourth-order valence-electron chi connectivity index (χ4n) is 7.25. The molecule has 0 amide bonds. The molecule has 4 aromatic rings. The van der Waals surface area contributed by atoms with Crippen molar-refractivity contribution in [3.8, 4) is 0 Å². The zero-order valence-corrected chi connectivity index (χ0v) is 33.4. The van der Waals surface area contributed by atoms with Gasteiger partial charge in [0, 0.05) is 19.6 Å². The van der Waals surface area contributed by atoms with Gasteiger partial charge in [-0.05, 0) is 36.4 Å². The van der Waals surface area contributed by atoms with Crippen LogP contribution in [0.5, 0.6) is 0 Å². The molecule has 3 heterocycles. The normalized spacial score (nSPS) is 28.3. The molecule has 0 radical (unpaired) electrons. The molecule has 3 aliphatic heterocycles. The third-order valence-electron chi connectivity index (χ3n) is 10.1. The van der Waals surface area contributed by atoms with E-state index in [4.69, 9.17) is 52.1 Å². The molecular weight excluding hydrogens is 792 g/mol. The number of fused-ring (bicyclic) bond motifs is 1. The first-order valence-electron chi connectivity index (χ1n) is 19.7. The maximum atomic E-state index is 14.0. The lowest BCUT2D eigenvalue weighted by molar-refractivity contribution is -0.391. The molecule has 0 aromatic heterocycles. The van der Waals surface area contributed by atoms with Gasteiger partial charge in [-0.2, -0.15) is 0 Å². The SMILES string of the molecule is C=CCO[C@H]1[C@H]2O[C@@H](c3ccccc3)OC[C@H]2O[C@H](O[C@H]2[C@H](OC)O[C@H](COC(=O)c3ccccc3)[C@@H](OC(=O)c3ccccc3)[C@@H]2OC(=O)c2ccccc2)[C@@H]1OC(C)=O. The molecule has 11 atom stereocenters. The summed E-state index contributed by atoms with van der Waals surface area (Å²) >= 11 is 0. The van der Waals surface area contributed by atoms with E-state index in [1.807, 2.05) is 30.3 Å². The van der Waals surface area contributed by atoms with Crippen molar-refractivity contribution >= 4 is 23.9 Å². The highest BCUT2D eigenvalue weighted by Crippen LogP contribution is 2.39. The lowest BCUT2D eigenvalue weighted by Gasteiger charge is -2.50. The lowest BCUT2D eigenvalue weighted by Crippen LogP contribution is -2.67. The molecule has 61 heavy (non-hydrogen) atoms. The Kier molecular flexibility index (Phi) is 14.7. The summed E-state index contributed by atoms with van der Waals surface area (Å²) in [7, 11) is 1.32. The highest BCUT2D eigenvalue weighted by molar-refractivity contribution is 5.91. The Morgan fingerprint density at radius 1 is 0.639 bits per heavy atom. The Morgan fingerprint density at radius 3 is 1.75 bits per heavy atom. The fourth-order valence-corrected chi connectivity index (χ4v) is 7.25. The van der Waals surface area contributed by atoms with Crippen LogP contribution in [0.15, 0.2) is 134 Å². The maximum Gasteiger partial charge on any atom is 0.338 e. The van der Waals surface area contributed by atoms with Crippen LogP contribution in [0.1, 0.15) is 49.9 Å². The van der Waals surface area contributed by atoms with Gasteiger partial charge >= 0.3 is 23.9 Å². The van der Waals surface area contributed by atoms with Crippen LogP contribution < -0.4 is 0 Å². The van der Waals surface area contributed by atoms with Gasteiger partial charge in [-0.1, -0.05) is 91.0 Å². The summed E-state index contributed by atoms with van der Waals surface area (Å²) in [5, 5.41) is 0. The second-order valence-corrected chi connectivity index (χ2v) is 14.2. The van der Waals surface area contributed by atoms with Crippen molar-refractivity contribution in [2.75, 3.05) is 26.9 Å². The lowest BCUT2D eigenvalue weighted by atomic mass is 9.95. The Bertz CT molecular complexity index is 2070. The Labute approximate surface area is 352 Å². The molecule has 0 N–H and O–H groups in total. The Balaban J connectivity index is 1.25. The van der Waals surface area contributed by atoms with Gasteiger partial charge in [-0.3, -0.25) is 4.79 Å². The fraction of sp³-hybridized carbons (Fsp3) is 0.348. The largest absolute Gasteiger partial charge is 0.459 e. The van der Waals surface area contributed by atoms with Gasteiger partial charge in [-0.15, -0.1) is 6.58 Å². The third-order valence-corrected chi connectivity index (χ3v) is 10.1. The van der Waals surface area contributed by atoms with Crippen molar-refractivity contribution in [3.05, 3.63) is 156 Å². The second kappa shape index (κ2) is 20.7. The number of ether oxygens (including phenoxy) is 11. The topological polar surface area (TPSA) is 170 Å². The third kappa shape index (κ3) is 10.6. The van der Waals surface area contributed by atoms with E-state index in [0.29, 0.717) is 0 Å². The highest BCUT2D eigenvalue weighted by Gasteiger charge is 2.57. The minimum absolute atomic E-state index is 0.0122. The van der Waals surface area contributed by atoms with E-state index < -0.39 is 98.2 Å². The van der Waals surface area contributed by atoms with E-state index >= 15 is 0 Å². The van der Waals surface area contributed by atoms with Crippen molar-refractivity contribution in [1.82, 2.24) is 0 Å². The summed E-state index contributed by atoms with van der Waals surface area (Å²) in [6.07, 6.45) is -11.9. The number of hydrogen-bond acceptors (Lipinski definition) is 15. The maximum absolute atomic E-state index is 14.0. The highest BCUT2D eigenvalue weighted by atomic mass is 16.8. The summed E-state index contributed by atoms with van der Waals surface area (Å²) in [4.78, 5) is 53.8. The van der Waals surface area contributed by atoms with Gasteiger partial charge in [0.15, 0.2) is 43.3 Å². The van der Waals surface area contributed by atoms with Crippen molar-refractivity contribution in [2.45, 2.75) is 74.6 Å². The van der Waals surface area contributed by atoms with E-state index in [1.165, 1.54) is 20.1 Å². The number of esters is 4. The number of benzene rings is 4. The Hall–Kier alpha value is -5.78. The van der Waals surface area contributed by atoms with Gasteiger partial charge in [0.2, 0.25) is 0 Å². The average molecular weight is 839 g/mol. The van der Waals surface area contributed by atoms with Crippen molar-refractivity contribution in [2.24, 2.45) is 0 Å². The molecule has 0 saturated carbocycles. The summed E-state index contributed by atoms with van der Waals surface area (Å²) in [5.41, 5.74) is 1.35. The van der Waals surface area contributed by atoms with Gasteiger partial charge in [-0.25, -0.2) is 14.4 Å². The summed E-state index contributed by atoms with van der Waals surface area (Å²) in [5.74, 6) is -2.99. The molecule has 3 saturated heterocycles. The van der Waals surface area contributed by atoms with Crippen LogP contribution in [0.3, 0.4) is 0 Å². The van der Waals surface area contributed by atoms with Gasteiger partial charge < -0.3 is 52.1 Å². The second-order valence-electron chi connectivity index (χ2n) is 14.2. The van der Waals surface area contributed by atoms with Crippen molar-refractivity contribution in [1.29, 1.82) is 0 Å². The molecule has 3 aliphatic rings. The zero-order chi connectivity index (χ0) is 42.7. The van der Waals surface area contributed by atoms with Crippen LogP contribution >= 0.6 is 0 Å². The molecule has 3 fully saturated rings. The molecule has 4 aromatic carbocycles. The first-order chi connectivity index (χ1) is 29.7. The standard InChI is InChI=1S/C46H46O15/c1-4-25-52-37-35-34(27-54-44(60-35)32-23-15-8-16-24-32)57-46(39(37)55-28(2)47)61-40-38(59-43(50)31-21-13-7-14-22-31)36(58-42(49)30-19-11-6-12-20-30)33(56-45(40)51-3)26-53-41(48)29-17-9-5-10-18-29/h4-24,33-40,44-46H,1,25-27H2,2-3H3/t33-,34-,35+,36-,37+,38+,39-,40-,44+,45-,46-/m1/s1. The van der Waals surface area contributed by atoms with Crippen molar-refractivity contribution < 1.29 is 71.3 Å². The van der Waals surface area contributed by atoms with Crippen LogP contribution in [0.4, 0.5) is 0 Å². The molecule has 0 spiro atoms. The van der Waals surface area contributed by atoms with E-state index in [0.717, 1.165) is 5.56 Å². The molecule has 15 nitrogen and oxygen atoms in total. The van der Waals surface area contributed by atoms with Gasteiger partial charge in [0.1, 0.15) is 31.0 Å². The van der Waals surface area contributed by atoms with E-state index in [1.54, 1.807) is 91.0 Å². The predicted molar refractivity (Wildman–Crippen MR) is 213 cm³/mol. The monoisotopic (exact) mass is 838 g/mol. The number of rotatable bonds is 15. The average Bonchev–Trinajstić information content (AvgIpc) is 3.30. The van der Waals surface area contributed by atoms with E-state index in [2.05, 4.69) is 6.58 Å². The zero-order valence-electron chi connectivity index (χ0n) is 33.4. The van der Waals surface area contributed by atoms with Gasteiger partial charge in [0.05, 0.1) is 29.9 Å². The van der Waals surface area contributed by atoms with E-state index in [9.17, 15) is 19.2 Å². The van der Waals surface area contributed by atoms with Gasteiger partial charge in [0.25, 0.3) is 0 Å². The van der Waals surface area contributed by atoms with E-state index in [-0.39, 0.29) is 29.9 Å². The minimum atomic E-state index is -1.53. The molecular formula is C46H46O15. The molecule has 15 heteroatoms. The smallest absolute Gasteiger partial charge is 0.338 e. The molecule has 0 aliphatic carbocycles. The summed E-state index contributed by atoms with van der Waals surface area (Å²) in [6, 6.07) is 33.8. The first kappa shape index (κ1) is 43.3. The summed E-state index contributed by atoms with van der Waals surface area (Å²) in [6.45, 7) is 4.58. The quantitative estimate of drug-likeness (QED) is 0.0848. The molecule has 0 unspecified atom stereocenters. The van der Waals surface area contributed by atoms with Crippen LogP contribution in [0.25, 0.3) is 0 Å². The van der Waals surface area contributed by atoms with Crippen LogP contribution in [0.2, 0.25) is 0 Å². The van der Waals surface area contributed by atoms with Crippen LogP contribution in [-0.2, 0) is 56.9 Å². The molecule has 0 bridgehead atoms. The molecule has 320 valence electrons.